The molecule has 9 heteroatoms. The van der Waals surface area contributed by atoms with Crippen LogP contribution in [0.1, 0.15) is 113 Å². The van der Waals surface area contributed by atoms with Crippen molar-refractivity contribution in [3.8, 4) is 11.5 Å². The summed E-state index contributed by atoms with van der Waals surface area (Å²) in [5.74, 6) is 1.00. The number of amides is 3. The average molecular weight is 744 g/mol. The molecular formula is C46H50FN3O5. The molecule has 3 aliphatic heterocycles. The van der Waals surface area contributed by atoms with Crippen molar-refractivity contribution in [3.05, 3.63) is 130 Å². The molecule has 0 saturated carbocycles. The standard InChI is InChI=1S/C46H50FN3O5/c1-2-3-24-54-36-14-16-38-33(26-36)11-15-37(30-7-5-4-6-8-30)44(38)32-9-12-35(13-10-32)55-25-23-49-21-19-31(20-22-49)39-27-34(47)28-40-41(39)29-50(46(40)53)42-17-18-43(51)48-45(42)52/h4-10,12-14,16,26-28,31,37,42,44H,2-3,11,15,17-25,29H2,1H3,(H,48,51,52)/t37-,42?,44+/m1/s1. The van der Waals surface area contributed by atoms with Gasteiger partial charge in [0, 0.05) is 31.0 Å². The molecule has 2 saturated heterocycles. The first-order chi connectivity index (χ1) is 26.9. The van der Waals surface area contributed by atoms with E-state index in [1.165, 1.54) is 33.2 Å². The van der Waals surface area contributed by atoms with Gasteiger partial charge in [-0.15, -0.1) is 0 Å². The van der Waals surface area contributed by atoms with Crippen LogP contribution in [0.2, 0.25) is 0 Å². The van der Waals surface area contributed by atoms with E-state index in [0.717, 1.165) is 87.4 Å². The molecule has 4 aromatic carbocycles. The lowest BCUT2D eigenvalue weighted by Gasteiger charge is -2.35. The van der Waals surface area contributed by atoms with Gasteiger partial charge < -0.3 is 14.4 Å². The van der Waals surface area contributed by atoms with Crippen LogP contribution in [0.15, 0.2) is 84.9 Å². The smallest absolute Gasteiger partial charge is 0.255 e. The first-order valence-electron chi connectivity index (χ1n) is 20.1. The van der Waals surface area contributed by atoms with Gasteiger partial charge in [-0.25, -0.2) is 4.39 Å². The van der Waals surface area contributed by atoms with E-state index in [2.05, 4.69) is 89.9 Å². The van der Waals surface area contributed by atoms with Crippen LogP contribution in [0.4, 0.5) is 4.39 Å². The quantitative estimate of drug-likeness (QED) is 0.117. The lowest BCUT2D eigenvalue weighted by molar-refractivity contribution is -0.136. The predicted molar refractivity (Wildman–Crippen MR) is 209 cm³/mol. The monoisotopic (exact) mass is 743 g/mol. The van der Waals surface area contributed by atoms with Gasteiger partial charge in [0.25, 0.3) is 5.91 Å². The summed E-state index contributed by atoms with van der Waals surface area (Å²) in [6.45, 7) is 6.23. The molecule has 3 amide bonds. The van der Waals surface area contributed by atoms with Gasteiger partial charge in [0.05, 0.1) is 6.61 Å². The number of nitrogens with one attached hydrogen (secondary N) is 1. The number of hydrogen-bond acceptors (Lipinski definition) is 6. The number of aryl methyl sites for hydroxylation is 1. The van der Waals surface area contributed by atoms with Crippen LogP contribution in [0.25, 0.3) is 0 Å². The second-order valence-corrected chi connectivity index (χ2v) is 15.6. The van der Waals surface area contributed by atoms with Crippen LogP contribution in [0.3, 0.4) is 0 Å². The summed E-state index contributed by atoms with van der Waals surface area (Å²) in [7, 11) is 0. The zero-order chi connectivity index (χ0) is 37.9. The molecule has 0 bridgehead atoms. The summed E-state index contributed by atoms with van der Waals surface area (Å²) in [6, 6.07) is 28.4. The van der Waals surface area contributed by atoms with Crippen LogP contribution in [0, 0.1) is 5.82 Å². The Hall–Kier alpha value is -5.02. The third-order valence-corrected chi connectivity index (χ3v) is 12.2. The van der Waals surface area contributed by atoms with E-state index >= 15 is 0 Å². The fraction of sp³-hybridized carbons (Fsp3) is 0.413. The zero-order valence-electron chi connectivity index (χ0n) is 31.6. The Morgan fingerprint density at radius 3 is 2.31 bits per heavy atom. The number of imide groups is 1. The van der Waals surface area contributed by atoms with Crippen LogP contribution in [-0.2, 0) is 22.6 Å². The Morgan fingerprint density at radius 2 is 1.55 bits per heavy atom. The summed E-state index contributed by atoms with van der Waals surface area (Å²) >= 11 is 0. The van der Waals surface area contributed by atoms with Gasteiger partial charge in [-0.1, -0.05) is 61.9 Å². The molecule has 3 heterocycles. The SMILES string of the molecule is CCCCOc1ccc2c(c1)CC[C@H](c1ccccc1)[C@@H]2c1ccc(OCCN2CCC(c3cc(F)cc4c3CN(C3CCC(=O)NC3=O)C4=O)CC2)cc1. The van der Waals surface area contributed by atoms with Gasteiger partial charge >= 0.3 is 0 Å². The van der Waals surface area contributed by atoms with Crippen LogP contribution < -0.4 is 14.8 Å². The number of hydrogen-bond donors (Lipinski definition) is 1. The number of carbonyl (C=O) groups excluding carboxylic acids is 3. The molecule has 4 aliphatic rings. The van der Waals surface area contributed by atoms with Gasteiger partial charge in [0.2, 0.25) is 11.8 Å². The first kappa shape index (κ1) is 36.9. The van der Waals surface area contributed by atoms with E-state index in [1.54, 1.807) is 6.07 Å². The molecule has 55 heavy (non-hydrogen) atoms. The maximum absolute atomic E-state index is 14.9. The van der Waals surface area contributed by atoms with E-state index in [9.17, 15) is 18.8 Å². The molecule has 1 unspecified atom stereocenters. The third-order valence-electron chi connectivity index (χ3n) is 12.2. The van der Waals surface area contributed by atoms with Gasteiger partial charge in [-0.2, -0.15) is 0 Å². The molecule has 2 fully saturated rings. The van der Waals surface area contributed by atoms with E-state index in [0.29, 0.717) is 18.1 Å². The number of piperidine rings is 2. The topological polar surface area (TPSA) is 88.2 Å². The second-order valence-electron chi connectivity index (χ2n) is 15.6. The average Bonchev–Trinajstić information content (AvgIpc) is 3.53. The number of benzene rings is 4. The second kappa shape index (κ2) is 16.4. The summed E-state index contributed by atoms with van der Waals surface area (Å²) < 4.78 is 27.2. The van der Waals surface area contributed by atoms with Crippen LogP contribution >= 0.6 is 0 Å². The fourth-order valence-corrected chi connectivity index (χ4v) is 9.24. The van der Waals surface area contributed by atoms with E-state index in [-0.39, 0.29) is 43.0 Å². The lowest BCUT2D eigenvalue weighted by Crippen LogP contribution is -2.52. The highest BCUT2D eigenvalue weighted by Gasteiger charge is 2.41. The molecule has 0 aromatic heterocycles. The molecule has 1 N–H and O–H groups in total. The minimum atomic E-state index is -0.717. The van der Waals surface area contributed by atoms with Crippen molar-refractivity contribution in [3.63, 3.8) is 0 Å². The first-order valence-corrected chi connectivity index (χ1v) is 20.1. The van der Waals surface area contributed by atoms with Crippen molar-refractivity contribution in [1.82, 2.24) is 15.1 Å². The van der Waals surface area contributed by atoms with Crippen LogP contribution in [0.5, 0.6) is 11.5 Å². The number of halogens is 1. The predicted octanol–water partition coefficient (Wildman–Crippen LogP) is 7.89. The number of ether oxygens (including phenoxy) is 2. The highest BCUT2D eigenvalue weighted by Crippen LogP contribution is 2.47. The highest BCUT2D eigenvalue weighted by molar-refractivity contribution is 6.05. The van der Waals surface area contributed by atoms with Crippen molar-refractivity contribution in [1.29, 1.82) is 0 Å². The van der Waals surface area contributed by atoms with Crippen molar-refractivity contribution >= 4 is 17.7 Å². The molecule has 286 valence electrons. The van der Waals surface area contributed by atoms with Crippen LogP contribution in [-0.4, -0.2) is 66.4 Å². The van der Waals surface area contributed by atoms with Crippen molar-refractivity contribution < 1.29 is 28.2 Å². The highest BCUT2D eigenvalue weighted by atomic mass is 19.1. The fourth-order valence-electron chi connectivity index (χ4n) is 9.24. The Morgan fingerprint density at radius 1 is 0.782 bits per heavy atom. The minimum absolute atomic E-state index is 0.119. The summed E-state index contributed by atoms with van der Waals surface area (Å²) in [5, 5.41) is 2.34. The molecule has 1 aliphatic carbocycles. The molecule has 8 nitrogen and oxygen atoms in total. The molecule has 3 atom stereocenters. The number of nitrogens with zero attached hydrogens (tertiary/aromatic N) is 2. The molecule has 4 aromatic rings. The van der Waals surface area contributed by atoms with Gasteiger partial charge in [0.1, 0.15) is 30.0 Å². The number of fused-ring (bicyclic) bond motifs is 2. The maximum atomic E-state index is 14.9. The van der Waals surface area contributed by atoms with Crippen molar-refractivity contribution in [2.75, 3.05) is 32.8 Å². The zero-order valence-corrected chi connectivity index (χ0v) is 31.6. The minimum Gasteiger partial charge on any atom is -0.494 e. The Labute approximate surface area is 323 Å². The largest absolute Gasteiger partial charge is 0.494 e. The molecule has 0 radical (unpaired) electrons. The van der Waals surface area contributed by atoms with Gasteiger partial charge in [-0.05, 0) is 133 Å². The van der Waals surface area contributed by atoms with E-state index in [4.69, 9.17) is 9.47 Å². The number of rotatable bonds is 12. The maximum Gasteiger partial charge on any atom is 0.255 e. The van der Waals surface area contributed by atoms with Crippen molar-refractivity contribution in [2.45, 2.75) is 88.6 Å². The molecule has 0 spiro atoms. The van der Waals surface area contributed by atoms with E-state index < -0.39 is 17.8 Å². The van der Waals surface area contributed by atoms with Gasteiger partial charge in [0.15, 0.2) is 0 Å². The normalized spacial score (nSPS) is 21.6. The number of likely N-dealkylation sites (tertiary alicyclic amines) is 1. The summed E-state index contributed by atoms with van der Waals surface area (Å²) in [6.07, 6.45) is 6.44. The van der Waals surface area contributed by atoms with E-state index in [1.807, 2.05) is 0 Å². The number of carbonyl (C=O) groups is 3. The van der Waals surface area contributed by atoms with Crippen molar-refractivity contribution in [2.24, 2.45) is 0 Å². The lowest BCUT2D eigenvalue weighted by atomic mass is 9.69. The molecular weight excluding hydrogens is 694 g/mol. The number of unbranched alkanes of at least 4 members (excludes halogenated alkanes) is 1. The Bertz CT molecular complexity index is 2030. The summed E-state index contributed by atoms with van der Waals surface area (Å²) in [5.41, 5.74) is 7.43. The summed E-state index contributed by atoms with van der Waals surface area (Å²) in [4.78, 5) is 41.5. The third kappa shape index (κ3) is 7.90. The van der Waals surface area contributed by atoms with Gasteiger partial charge in [-0.3, -0.25) is 24.6 Å². The molecule has 8 rings (SSSR count). The Kier molecular flexibility index (Phi) is 11.0. The Balaban J connectivity index is 0.881.